The summed E-state index contributed by atoms with van der Waals surface area (Å²) in [4.78, 5) is 23.5. The van der Waals surface area contributed by atoms with Gasteiger partial charge in [0.2, 0.25) is 5.78 Å². The quantitative estimate of drug-likeness (QED) is 0.413. The van der Waals surface area contributed by atoms with Gasteiger partial charge in [-0.15, -0.1) is 0 Å². The van der Waals surface area contributed by atoms with Crippen LogP contribution in [0, 0.1) is 0 Å². The van der Waals surface area contributed by atoms with Crippen LogP contribution >= 0.6 is 0 Å². The molecule has 132 valence electrons. The van der Waals surface area contributed by atoms with Gasteiger partial charge in [-0.05, 0) is 47.9 Å². The minimum absolute atomic E-state index is 0.0249. The van der Waals surface area contributed by atoms with Crippen LogP contribution in [0.25, 0.3) is 11.0 Å². The molecule has 0 spiro atoms. The molecule has 4 rings (SSSR count). The summed E-state index contributed by atoms with van der Waals surface area (Å²) in [6.45, 7) is 0. The van der Waals surface area contributed by atoms with E-state index in [4.69, 9.17) is 4.42 Å². The summed E-state index contributed by atoms with van der Waals surface area (Å²) in [5, 5.41) is 10.5. The molecule has 0 saturated carbocycles. The predicted molar refractivity (Wildman–Crippen MR) is 102 cm³/mol. The van der Waals surface area contributed by atoms with Gasteiger partial charge < -0.3 is 9.52 Å². The Labute approximate surface area is 155 Å². The zero-order valence-corrected chi connectivity index (χ0v) is 14.4. The van der Waals surface area contributed by atoms with Gasteiger partial charge >= 0.3 is 0 Å². The van der Waals surface area contributed by atoms with Crippen molar-refractivity contribution in [1.82, 2.24) is 0 Å². The third-order valence-electron chi connectivity index (χ3n) is 4.47. The van der Waals surface area contributed by atoms with Gasteiger partial charge in [-0.3, -0.25) is 9.59 Å². The fourth-order valence-corrected chi connectivity index (χ4v) is 3.09. The molecule has 0 aliphatic rings. The molecule has 27 heavy (non-hydrogen) atoms. The lowest BCUT2D eigenvalue weighted by molar-refractivity contribution is 0.101. The van der Waals surface area contributed by atoms with E-state index in [1.807, 2.05) is 36.4 Å². The van der Waals surface area contributed by atoms with Crippen molar-refractivity contribution < 1.29 is 19.1 Å². The molecule has 1 heterocycles. The highest BCUT2D eigenvalue weighted by molar-refractivity contribution is 6.09. The molecule has 4 heteroatoms. The fraction of sp³-hybridized carbons (Fsp3) is 0.0435. The highest BCUT2D eigenvalue weighted by Crippen LogP contribution is 2.25. The van der Waals surface area contributed by atoms with Crippen molar-refractivity contribution >= 4 is 23.0 Å². The number of carbonyl (C=O) groups excluding carboxylic acids is 2. The van der Waals surface area contributed by atoms with Gasteiger partial charge in [0.25, 0.3) is 0 Å². The molecule has 4 nitrogen and oxygen atoms in total. The van der Waals surface area contributed by atoms with Crippen molar-refractivity contribution in [2.75, 3.05) is 0 Å². The third-order valence-corrected chi connectivity index (χ3v) is 4.47. The molecule has 0 saturated heterocycles. The first-order valence-electron chi connectivity index (χ1n) is 8.53. The Kier molecular flexibility index (Phi) is 4.30. The lowest BCUT2D eigenvalue weighted by Gasteiger charge is -2.04. The van der Waals surface area contributed by atoms with Crippen LogP contribution in [0.1, 0.15) is 37.6 Å². The summed E-state index contributed by atoms with van der Waals surface area (Å²) < 4.78 is 5.71. The Morgan fingerprint density at radius 2 is 1.67 bits per heavy atom. The Morgan fingerprint density at radius 3 is 2.44 bits per heavy atom. The third kappa shape index (κ3) is 3.37. The monoisotopic (exact) mass is 356 g/mol. The summed E-state index contributed by atoms with van der Waals surface area (Å²) in [5.41, 5.74) is 3.44. The zero-order chi connectivity index (χ0) is 18.8. The number of fused-ring (bicyclic) bond motifs is 1. The lowest BCUT2D eigenvalue weighted by atomic mass is 10.0. The molecule has 1 N–H and O–H groups in total. The van der Waals surface area contributed by atoms with E-state index in [1.54, 1.807) is 30.3 Å². The standard InChI is InChI=1S/C23H16O4/c24-14-19-12-15(6-8-20(19)25)10-16-7-9-21-18(11-16)13-22(27-21)23(26)17-4-2-1-3-5-17/h1-9,11-14,25H,10H2. The molecule has 4 aromatic rings. The molecule has 0 atom stereocenters. The van der Waals surface area contributed by atoms with Crippen LogP contribution in [-0.2, 0) is 6.42 Å². The van der Waals surface area contributed by atoms with E-state index in [0.29, 0.717) is 29.6 Å². The van der Waals surface area contributed by atoms with E-state index in [1.165, 1.54) is 6.07 Å². The second-order valence-corrected chi connectivity index (χ2v) is 6.37. The number of hydrogen-bond donors (Lipinski definition) is 1. The summed E-state index contributed by atoms with van der Waals surface area (Å²) in [6, 6.07) is 21.5. The van der Waals surface area contributed by atoms with Crippen molar-refractivity contribution in [2.45, 2.75) is 6.42 Å². The second kappa shape index (κ2) is 6.92. The summed E-state index contributed by atoms with van der Waals surface area (Å²) >= 11 is 0. The topological polar surface area (TPSA) is 67.5 Å². The molecule has 0 radical (unpaired) electrons. The maximum absolute atomic E-state index is 12.5. The zero-order valence-electron chi connectivity index (χ0n) is 14.4. The van der Waals surface area contributed by atoms with Gasteiger partial charge in [-0.25, -0.2) is 0 Å². The minimum atomic E-state index is -0.150. The van der Waals surface area contributed by atoms with Crippen molar-refractivity contribution in [3.63, 3.8) is 0 Å². The van der Waals surface area contributed by atoms with Crippen LogP contribution < -0.4 is 0 Å². The number of rotatable bonds is 5. The number of ketones is 1. The number of aromatic hydroxyl groups is 1. The van der Waals surface area contributed by atoms with Crippen molar-refractivity contribution in [3.8, 4) is 5.75 Å². The van der Waals surface area contributed by atoms with Gasteiger partial charge in [0.05, 0.1) is 5.56 Å². The smallest absolute Gasteiger partial charge is 0.228 e. The number of hydrogen-bond acceptors (Lipinski definition) is 4. The molecule has 0 bridgehead atoms. The first kappa shape index (κ1) is 16.8. The molecular weight excluding hydrogens is 340 g/mol. The first-order valence-corrected chi connectivity index (χ1v) is 8.53. The summed E-state index contributed by atoms with van der Waals surface area (Å²) in [5.74, 6) is 0.131. The Hall–Kier alpha value is -3.66. The number of carbonyl (C=O) groups is 2. The Balaban J connectivity index is 1.63. The SMILES string of the molecule is O=Cc1cc(Cc2ccc3oc(C(=O)c4ccccc4)cc3c2)ccc1O. The van der Waals surface area contributed by atoms with E-state index in [0.717, 1.165) is 16.5 Å². The van der Waals surface area contributed by atoms with Crippen LogP contribution in [0.4, 0.5) is 0 Å². The van der Waals surface area contributed by atoms with E-state index in [-0.39, 0.29) is 17.1 Å². The van der Waals surface area contributed by atoms with E-state index in [9.17, 15) is 14.7 Å². The van der Waals surface area contributed by atoms with Crippen LogP contribution in [0.2, 0.25) is 0 Å². The molecule has 1 aromatic heterocycles. The van der Waals surface area contributed by atoms with Crippen molar-refractivity contribution in [1.29, 1.82) is 0 Å². The maximum atomic E-state index is 12.5. The van der Waals surface area contributed by atoms with E-state index in [2.05, 4.69) is 0 Å². The Morgan fingerprint density at radius 1 is 0.926 bits per heavy atom. The first-order chi connectivity index (χ1) is 13.1. The second-order valence-electron chi connectivity index (χ2n) is 6.37. The molecule has 0 unspecified atom stereocenters. The molecule has 0 fully saturated rings. The number of aldehydes is 1. The summed E-state index contributed by atoms with van der Waals surface area (Å²) in [7, 11) is 0. The van der Waals surface area contributed by atoms with Crippen LogP contribution in [0.3, 0.4) is 0 Å². The molecule has 3 aromatic carbocycles. The lowest BCUT2D eigenvalue weighted by Crippen LogP contribution is -1.98. The normalized spacial score (nSPS) is 10.8. The van der Waals surface area contributed by atoms with Crippen molar-refractivity contribution in [2.24, 2.45) is 0 Å². The Bertz CT molecular complexity index is 1140. The van der Waals surface area contributed by atoms with Crippen molar-refractivity contribution in [3.05, 3.63) is 101 Å². The highest BCUT2D eigenvalue weighted by atomic mass is 16.3. The summed E-state index contributed by atoms with van der Waals surface area (Å²) in [6.07, 6.45) is 1.24. The van der Waals surface area contributed by atoms with Gasteiger partial charge in [-0.1, -0.05) is 42.5 Å². The fourth-order valence-electron chi connectivity index (χ4n) is 3.09. The number of phenolic OH excluding ortho intramolecular Hbond substituents is 1. The predicted octanol–water partition coefficient (Wildman–Crippen LogP) is 4.77. The average Bonchev–Trinajstić information content (AvgIpc) is 3.13. The average molecular weight is 356 g/mol. The van der Waals surface area contributed by atoms with Crippen LogP contribution in [0.15, 0.2) is 77.2 Å². The van der Waals surface area contributed by atoms with E-state index < -0.39 is 0 Å². The number of phenols is 1. The molecular formula is C23H16O4. The minimum Gasteiger partial charge on any atom is -0.507 e. The highest BCUT2D eigenvalue weighted by Gasteiger charge is 2.14. The maximum Gasteiger partial charge on any atom is 0.228 e. The number of furan rings is 1. The molecule has 0 aliphatic heterocycles. The van der Waals surface area contributed by atoms with Gasteiger partial charge in [0.15, 0.2) is 12.0 Å². The van der Waals surface area contributed by atoms with Gasteiger partial charge in [-0.2, -0.15) is 0 Å². The van der Waals surface area contributed by atoms with Gasteiger partial charge in [0, 0.05) is 10.9 Å². The largest absolute Gasteiger partial charge is 0.507 e. The van der Waals surface area contributed by atoms with Crippen LogP contribution in [0.5, 0.6) is 5.75 Å². The molecule has 0 aliphatic carbocycles. The molecule has 0 amide bonds. The van der Waals surface area contributed by atoms with Crippen LogP contribution in [-0.4, -0.2) is 17.2 Å². The van der Waals surface area contributed by atoms with Gasteiger partial charge in [0.1, 0.15) is 11.3 Å². The number of benzene rings is 3. The van der Waals surface area contributed by atoms with E-state index >= 15 is 0 Å².